The summed E-state index contributed by atoms with van der Waals surface area (Å²) in [6.45, 7) is 6.94. The third-order valence-corrected chi connectivity index (χ3v) is 4.28. The van der Waals surface area contributed by atoms with E-state index in [2.05, 4.69) is 38.2 Å². The van der Waals surface area contributed by atoms with Crippen LogP contribution in [0.2, 0.25) is 0 Å². The molecule has 0 unspecified atom stereocenters. The van der Waals surface area contributed by atoms with Crippen molar-refractivity contribution in [1.82, 2.24) is 10.2 Å². The molecule has 2 amide bonds. The average molecular weight is 364 g/mol. The van der Waals surface area contributed by atoms with E-state index in [1.54, 1.807) is 32.3 Å². The summed E-state index contributed by atoms with van der Waals surface area (Å²) in [6, 6.07) is 15.5. The lowest BCUT2D eigenvalue weighted by atomic mass is 9.87. The van der Waals surface area contributed by atoms with Crippen LogP contribution in [0.1, 0.15) is 47.8 Å². The first-order valence-electron chi connectivity index (χ1n) is 9.04. The highest BCUT2D eigenvalue weighted by Crippen LogP contribution is 2.22. The van der Waals surface area contributed by atoms with E-state index in [0.29, 0.717) is 12.1 Å². The number of carbonyl (C=O) groups excluding carboxylic acids is 2. The first-order chi connectivity index (χ1) is 12.7. The van der Waals surface area contributed by atoms with Gasteiger partial charge in [0.05, 0.1) is 0 Å². The molecule has 0 atom stereocenters. The van der Waals surface area contributed by atoms with Gasteiger partial charge in [0.2, 0.25) is 5.91 Å². The molecule has 0 aromatic heterocycles. The van der Waals surface area contributed by atoms with Gasteiger partial charge in [-0.15, -0.1) is 0 Å². The van der Waals surface area contributed by atoms with E-state index in [1.165, 1.54) is 16.5 Å². The number of nitrogens with one attached hydrogen (secondary N) is 1. The van der Waals surface area contributed by atoms with E-state index < -0.39 is 0 Å². The van der Waals surface area contributed by atoms with Gasteiger partial charge in [0.25, 0.3) is 5.91 Å². The predicted molar refractivity (Wildman–Crippen MR) is 110 cm³/mol. The third-order valence-electron chi connectivity index (χ3n) is 4.28. The smallest absolute Gasteiger partial charge is 0.253 e. The van der Waals surface area contributed by atoms with E-state index in [-0.39, 0.29) is 17.2 Å². The highest BCUT2D eigenvalue weighted by Gasteiger charge is 2.12. The Hall–Kier alpha value is -2.88. The van der Waals surface area contributed by atoms with Crippen LogP contribution in [-0.2, 0) is 16.8 Å². The van der Waals surface area contributed by atoms with Crippen LogP contribution < -0.4 is 5.32 Å². The van der Waals surface area contributed by atoms with Gasteiger partial charge in [-0.3, -0.25) is 9.59 Å². The predicted octanol–water partition coefficient (Wildman–Crippen LogP) is 4.02. The fraction of sp³-hybridized carbons (Fsp3) is 0.304. The zero-order valence-corrected chi connectivity index (χ0v) is 16.7. The van der Waals surface area contributed by atoms with Gasteiger partial charge in [-0.1, -0.05) is 57.2 Å². The molecule has 0 spiro atoms. The summed E-state index contributed by atoms with van der Waals surface area (Å²) in [4.78, 5) is 25.4. The molecule has 0 fully saturated rings. The molecule has 0 aliphatic rings. The van der Waals surface area contributed by atoms with Crippen LogP contribution in [0.5, 0.6) is 0 Å². The van der Waals surface area contributed by atoms with Crippen molar-refractivity contribution in [3.05, 3.63) is 76.9 Å². The average Bonchev–Trinajstić information content (AvgIpc) is 2.64. The number of hydrogen-bond donors (Lipinski definition) is 1. The Morgan fingerprint density at radius 3 is 2.07 bits per heavy atom. The summed E-state index contributed by atoms with van der Waals surface area (Å²) in [7, 11) is 3.44. The van der Waals surface area contributed by atoms with Crippen molar-refractivity contribution in [3.63, 3.8) is 0 Å². The fourth-order valence-electron chi connectivity index (χ4n) is 2.54. The molecule has 2 aromatic carbocycles. The first-order valence-corrected chi connectivity index (χ1v) is 9.04. The quantitative estimate of drug-likeness (QED) is 0.815. The molecule has 0 saturated heterocycles. The highest BCUT2D eigenvalue weighted by molar-refractivity contribution is 5.94. The van der Waals surface area contributed by atoms with Gasteiger partial charge in [-0.05, 0) is 40.3 Å². The van der Waals surface area contributed by atoms with Crippen LogP contribution in [0, 0.1) is 0 Å². The maximum Gasteiger partial charge on any atom is 0.253 e. The van der Waals surface area contributed by atoms with Crippen LogP contribution in [-0.4, -0.2) is 30.8 Å². The summed E-state index contributed by atoms with van der Waals surface area (Å²) >= 11 is 0. The molecule has 4 nitrogen and oxygen atoms in total. The SMILES string of the molecule is CN(C)C(=O)c1ccc(CNC(=O)/C=C/c2ccc(C(C)(C)C)cc2)cc1. The maximum atomic E-state index is 12.0. The molecule has 2 aromatic rings. The van der Waals surface area contributed by atoms with Crippen LogP contribution in [0.3, 0.4) is 0 Å². The van der Waals surface area contributed by atoms with Crippen molar-refractivity contribution in [2.75, 3.05) is 14.1 Å². The second-order valence-corrected chi connectivity index (χ2v) is 7.82. The zero-order chi connectivity index (χ0) is 20.0. The number of amides is 2. The van der Waals surface area contributed by atoms with Crippen LogP contribution in [0.15, 0.2) is 54.6 Å². The van der Waals surface area contributed by atoms with Crippen LogP contribution in [0.25, 0.3) is 6.08 Å². The van der Waals surface area contributed by atoms with Crippen molar-refractivity contribution in [2.45, 2.75) is 32.7 Å². The van der Waals surface area contributed by atoms with Gasteiger partial charge >= 0.3 is 0 Å². The Morgan fingerprint density at radius 1 is 0.963 bits per heavy atom. The molecule has 142 valence electrons. The van der Waals surface area contributed by atoms with Gasteiger partial charge in [-0.2, -0.15) is 0 Å². The molecular weight excluding hydrogens is 336 g/mol. The van der Waals surface area contributed by atoms with Gasteiger partial charge in [0.15, 0.2) is 0 Å². The number of carbonyl (C=O) groups is 2. The summed E-state index contributed by atoms with van der Waals surface area (Å²) in [5, 5.41) is 2.86. The maximum absolute atomic E-state index is 12.0. The summed E-state index contributed by atoms with van der Waals surface area (Å²) in [6.07, 6.45) is 3.34. The fourth-order valence-corrected chi connectivity index (χ4v) is 2.54. The molecule has 0 heterocycles. The monoisotopic (exact) mass is 364 g/mol. The second kappa shape index (κ2) is 8.67. The van der Waals surface area contributed by atoms with Crippen molar-refractivity contribution in [1.29, 1.82) is 0 Å². The van der Waals surface area contributed by atoms with Crippen molar-refractivity contribution in [2.24, 2.45) is 0 Å². The van der Waals surface area contributed by atoms with Crippen molar-refractivity contribution in [3.8, 4) is 0 Å². The van der Waals surface area contributed by atoms with E-state index in [1.807, 2.05) is 24.3 Å². The molecule has 0 saturated carbocycles. The molecule has 1 N–H and O–H groups in total. The topological polar surface area (TPSA) is 49.4 Å². The van der Waals surface area contributed by atoms with Gasteiger partial charge < -0.3 is 10.2 Å². The van der Waals surface area contributed by atoms with Crippen LogP contribution >= 0.6 is 0 Å². The molecule has 0 radical (unpaired) electrons. The Balaban J connectivity index is 1.88. The summed E-state index contributed by atoms with van der Waals surface area (Å²) in [5.41, 5.74) is 3.95. The largest absolute Gasteiger partial charge is 0.348 e. The Labute approximate surface area is 161 Å². The van der Waals surface area contributed by atoms with E-state index in [4.69, 9.17) is 0 Å². The number of benzene rings is 2. The summed E-state index contributed by atoms with van der Waals surface area (Å²) < 4.78 is 0. The molecule has 4 heteroatoms. The normalized spacial score (nSPS) is 11.4. The molecule has 2 rings (SSSR count). The zero-order valence-electron chi connectivity index (χ0n) is 16.7. The molecule has 0 aliphatic carbocycles. The lowest BCUT2D eigenvalue weighted by Gasteiger charge is -2.18. The minimum absolute atomic E-state index is 0.0361. The lowest BCUT2D eigenvalue weighted by Crippen LogP contribution is -2.22. The van der Waals surface area contributed by atoms with Gasteiger partial charge in [0, 0.05) is 32.3 Å². The number of rotatable bonds is 5. The van der Waals surface area contributed by atoms with E-state index >= 15 is 0 Å². The van der Waals surface area contributed by atoms with Crippen molar-refractivity contribution >= 4 is 17.9 Å². The first kappa shape index (κ1) is 20.4. The molecular formula is C23H28N2O2. The minimum Gasteiger partial charge on any atom is -0.348 e. The molecule has 27 heavy (non-hydrogen) atoms. The Bertz CT molecular complexity index is 811. The lowest BCUT2D eigenvalue weighted by molar-refractivity contribution is -0.116. The van der Waals surface area contributed by atoms with Crippen molar-refractivity contribution < 1.29 is 9.59 Å². The standard InChI is InChI=1S/C23H28N2O2/c1-23(2,3)20-13-8-17(9-14-20)10-15-21(26)24-16-18-6-11-19(12-7-18)22(27)25(4)5/h6-15H,16H2,1-5H3,(H,24,26)/b15-10+. The molecule has 0 bridgehead atoms. The van der Waals surface area contributed by atoms with Crippen LogP contribution in [0.4, 0.5) is 0 Å². The van der Waals surface area contributed by atoms with Gasteiger partial charge in [0.1, 0.15) is 0 Å². The Morgan fingerprint density at radius 2 is 1.56 bits per heavy atom. The minimum atomic E-state index is -0.150. The molecule has 0 aliphatic heterocycles. The second-order valence-electron chi connectivity index (χ2n) is 7.82. The van der Waals surface area contributed by atoms with E-state index in [9.17, 15) is 9.59 Å². The van der Waals surface area contributed by atoms with E-state index in [0.717, 1.165) is 11.1 Å². The Kier molecular flexibility index (Phi) is 6.56. The summed E-state index contributed by atoms with van der Waals surface area (Å²) in [5.74, 6) is -0.186. The number of hydrogen-bond acceptors (Lipinski definition) is 2. The third kappa shape index (κ3) is 6.10. The number of nitrogens with zero attached hydrogens (tertiary/aromatic N) is 1. The highest BCUT2D eigenvalue weighted by atomic mass is 16.2. The van der Waals surface area contributed by atoms with Gasteiger partial charge in [-0.25, -0.2) is 0 Å².